The Bertz CT molecular complexity index is 625. The number of carbonyl (C=O) groups excluding carboxylic acids is 2. The van der Waals surface area contributed by atoms with Crippen LogP contribution >= 0.6 is 0 Å². The molecule has 1 aromatic carbocycles. The van der Waals surface area contributed by atoms with Crippen molar-refractivity contribution in [1.82, 2.24) is 4.98 Å². The highest BCUT2D eigenvalue weighted by atomic mass is 19.1. The van der Waals surface area contributed by atoms with Crippen molar-refractivity contribution in [2.75, 3.05) is 6.61 Å². The average Bonchev–Trinajstić information content (AvgIpc) is 2.34. The predicted octanol–water partition coefficient (Wildman–Crippen LogP) is 2.12. The van der Waals surface area contributed by atoms with Crippen molar-refractivity contribution in [2.45, 2.75) is 6.92 Å². The van der Waals surface area contributed by atoms with Crippen LogP contribution in [0.15, 0.2) is 30.3 Å². The van der Waals surface area contributed by atoms with E-state index in [1.807, 2.05) is 0 Å². The van der Waals surface area contributed by atoms with Crippen LogP contribution in [-0.2, 0) is 9.53 Å². The standard InChI is InChI=1S/C13H10FNO3/c1-8(16)18-7-12(17)10-6-13(14)15-11-5-3-2-4-9(10)11/h2-6H,7H2,1H3. The minimum absolute atomic E-state index is 0.166. The fraction of sp³-hybridized carbons (Fsp3) is 0.154. The van der Waals surface area contributed by atoms with Crippen LogP contribution in [0.4, 0.5) is 4.39 Å². The second-order valence-corrected chi connectivity index (χ2v) is 3.71. The van der Waals surface area contributed by atoms with Gasteiger partial charge in [0, 0.05) is 23.9 Å². The van der Waals surface area contributed by atoms with E-state index < -0.39 is 24.3 Å². The first-order valence-electron chi connectivity index (χ1n) is 5.30. The van der Waals surface area contributed by atoms with Crippen LogP contribution in [0.3, 0.4) is 0 Å². The van der Waals surface area contributed by atoms with Crippen molar-refractivity contribution in [3.05, 3.63) is 41.8 Å². The van der Waals surface area contributed by atoms with Gasteiger partial charge in [-0.25, -0.2) is 4.98 Å². The molecule has 0 aliphatic heterocycles. The Morgan fingerprint density at radius 2 is 2.06 bits per heavy atom. The molecular weight excluding hydrogens is 237 g/mol. The van der Waals surface area contributed by atoms with Crippen molar-refractivity contribution in [3.8, 4) is 0 Å². The molecule has 0 aliphatic rings. The number of esters is 1. The fourth-order valence-electron chi connectivity index (χ4n) is 1.62. The van der Waals surface area contributed by atoms with Gasteiger partial charge in [-0.1, -0.05) is 18.2 Å². The highest BCUT2D eigenvalue weighted by molar-refractivity contribution is 6.08. The monoisotopic (exact) mass is 247 g/mol. The topological polar surface area (TPSA) is 56.3 Å². The number of hydrogen-bond donors (Lipinski definition) is 0. The highest BCUT2D eigenvalue weighted by Crippen LogP contribution is 2.18. The molecule has 1 aromatic heterocycles. The summed E-state index contributed by atoms with van der Waals surface area (Å²) in [4.78, 5) is 26.2. The van der Waals surface area contributed by atoms with Crippen LogP contribution in [0.1, 0.15) is 17.3 Å². The summed E-state index contributed by atoms with van der Waals surface area (Å²) in [5.41, 5.74) is 0.558. The number of ether oxygens (including phenoxy) is 1. The molecular formula is C13H10FNO3. The number of para-hydroxylation sites is 1. The molecule has 0 bridgehead atoms. The number of halogens is 1. The number of aromatic nitrogens is 1. The van der Waals surface area contributed by atoms with Gasteiger partial charge in [0.25, 0.3) is 0 Å². The van der Waals surface area contributed by atoms with Gasteiger partial charge in [-0.3, -0.25) is 9.59 Å². The molecule has 0 unspecified atom stereocenters. The molecule has 0 N–H and O–H groups in total. The molecule has 0 amide bonds. The maximum atomic E-state index is 13.3. The number of fused-ring (bicyclic) bond motifs is 1. The third kappa shape index (κ3) is 2.51. The van der Waals surface area contributed by atoms with E-state index in [-0.39, 0.29) is 5.56 Å². The zero-order valence-corrected chi connectivity index (χ0v) is 9.64. The van der Waals surface area contributed by atoms with Crippen LogP contribution in [0.2, 0.25) is 0 Å². The number of benzene rings is 1. The second kappa shape index (κ2) is 4.91. The lowest BCUT2D eigenvalue weighted by atomic mass is 10.1. The van der Waals surface area contributed by atoms with Crippen LogP contribution < -0.4 is 0 Å². The predicted molar refractivity (Wildman–Crippen MR) is 62.7 cm³/mol. The molecule has 0 spiro atoms. The van der Waals surface area contributed by atoms with Gasteiger partial charge in [0.05, 0.1) is 5.52 Å². The number of nitrogens with zero attached hydrogens (tertiary/aromatic N) is 1. The SMILES string of the molecule is CC(=O)OCC(=O)c1cc(F)nc2ccccc12. The van der Waals surface area contributed by atoms with E-state index in [4.69, 9.17) is 0 Å². The summed E-state index contributed by atoms with van der Waals surface area (Å²) in [5, 5.41) is 0.538. The number of pyridine rings is 1. The smallest absolute Gasteiger partial charge is 0.303 e. The molecule has 4 nitrogen and oxygen atoms in total. The van der Waals surface area contributed by atoms with Gasteiger partial charge in [-0.15, -0.1) is 0 Å². The first kappa shape index (κ1) is 12.2. The van der Waals surface area contributed by atoms with E-state index in [0.717, 1.165) is 6.07 Å². The lowest BCUT2D eigenvalue weighted by molar-refractivity contribution is -0.139. The second-order valence-electron chi connectivity index (χ2n) is 3.71. The summed E-state index contributed by atoms with van der Waals surface area (Å²) < 4.78 is 17.9. The molecule has 0 radical (unpaired) electrons. The van der Waals surface area contributed by atoms with Gasteiger partial charge in [-0.05, 0) is 6.07 Å². The van der Waals surface area contributed by atoms with E-state index in [1.165, 1.54) is 6.92 Å². The Morgan fingerprint density at radius 3 is 2.78 bits per heavy atom. The van der Waals surface area contributed by atoms with Gasteiger partial charge in [-0.2, -0.15) is 4.39 Å². The summed E-state index contributed by atoms with van der Waals surface area (Å²) in [6, 6.07) is 7.76. The molecule has 1 heterocycles. The van der Waals surface area contributed by atoms with Crippen molar-refractivity contribution >= 4 is 22.7 Å². The number of rotatable bonds is 3. The normalized spacial score (nSPS) is 10.3. The van der Waals surface area contributed by atoms with E-state index in [0.29, 0.717) is 10.9 Å². The minimum Gasteiger partial charge on any atom is -0.457 e. The molecule has 0 saturated carbocycles. The number of hydrogen-bond acceptors (Lipinski definition) is 4. The minimum atomic E-state index is -0.736. The summed E-state index contributed by atoms with van der Waals surface area (Å²) in [5.74, 6) is -1.75. The number of ketones is 1. The Hall–Kier alpha value is -2.30. The molecule has 0 saturated heterocycles. The van der Waals surface area contributed by atoms with Crippen LogP contribution in [0, 0.1) is 5.95 Å². The Balaban J connectivity index is 2.43. The quantitative estimate of drug-likeness (QED) is 0.473. The zero-order valence-electron chi connectivity index (χ0n) is 9.64. The summed E-state index contributed by atoms with van der Waals surface area (Å²) in [7, 11) is 0. The van der Waals surface area contributed by atoms with Crippen molar-refractivity contribution in [3.63, 3.8) is 0 Å². The molecule has 2 rings (SSSR count). The van der Waals surface area contributed by atoms with Gasteiger partial charge in [0.1, 0.15) is 0 Å². The molecule has 0 atom stereocenters. The van der Waals surface area contributed by atoms with E-state index in [1.54, 1.807) is 24.3 Å². The van der Waals surface area contributed by atoms with Crippen LogP contribution in [-0.4, -0.2) is 23.3 Å². The first-order chi connectivity index (χ1) is 8.58. The van der Waals surface area contributed by atoms with Gasteiger partial charge < -0.3 is 4.74 Å². The maximum absolute atomic E-state index is 13.3. The maximum Gasteiger partial charge on any atom is 0.303 e. The molecule has 2 aromatic rings. The fourth-order valence-corrected chi connectivity index (χ4v) is 1.62. The Kier molecular flexibility index (Phi) is 3.32. The average molecular weight is 247 g/mol. The van der Waals surface area contributed by atoms with E-state index in [9.17, 15) is 14.0 Å². The lowest BCUT2D eigenvalue weighted by Gasteiger charge is -2.05. The molecule has 18 heavy (non-hydrogen) atoms. The van der Waals surface area contributed by atoms with E-state index >= 15 is 0 Å². The summed E-state index contributed by atoms with van der Waals surface area (Å²) in [6.45, 7) is 0.807. The number of Topliss-reactive ketones (excluding diaryl/α,β-unsaturated/α-hetero) is 1. The Labute approximate surface area is 102 Å². The largest absolute Gasteiger partial charge is 0.457 e. The van der Waals surface area contributed by atoms with Gasteiger partial charge >= 0.3 is 5.97 Å². The van der Waals surface area contributed by atoms with Gasteiger partial charge in [0.2, 0.25) is 11.7 Å². The first-order valence-corrected chi connectivity index (χ1v) is 5.30. The van der Waals surface area contributed by atoms with E-state index in [2.05, 4.69) is 9.72 Å². The van der Waals surface area contributed by atoms with Gasteiger partial charge in [0.15, 0.2) is 6.61 Å². The van der Waals surface area contributed by atoms with Crippen LogP contribution in [0.25, 0.3) is 10.9 Å². The number of carbonyl (C=O) groups is 2. The third-order valence-electron chi connectivity index (χ3n) is 2.39. The summed E-state index contributed by atoms with van der Waals surface area (Å²) in [6.07, 6.45) is 0. The van der Waals surface area contributed by atoms with Crippen molar-refractivity contribution in [2.24, 2.45) is 0 Å². The molecule has 5 heteroatoms. The van der Waals surface area contributed by atoms with Crippen molar-refractivity contribution in [1.29, 1.82) is 0 Å². The molecule has 92 valence electrons. The summed E-state index contributed by atoms with van der Waals surface area (Å²) >= 11 is 0. The molecule has 0 aliphatic carbocycles. The third-order valence-corrected chi connectivity index (χ3v) is 2.39. The lowest BCUT2D eigenvalue weighted by Crippen LogP contribution is -2.13. The van der Waals surface area contributed by atoms with Crippen LogP contribution in [0.5, 0.6) is 0 Å². The zero-order chi connectivity index (χ0) is 13.1. The Morgan fingerprint density at radius 1 is 1.33 bits per heavy atom. The van der Waals surface area contributed by atoms with Crippen molar-refractivity contribution < 1.29 is 18.7 Å². The highest BCUT2D eigenvalue weighted by Gasteiger charge is 2.14. The molecule has 0 fully saturated rings.